The number of rotatable bonds is 4. The molecule has 0 aliphatic heterocycles. The summed E-state index contributed by atoms with van der Waals surface area (Å²) >= 11 is 0. The summed E-state index contributed by atoms with van der Waals surface area (Å²) < 4.78 is 23.3. The minimum Gasteiger partial charge on any atom is -0.493 e. The van der Waals surface area contributed by atoms with Gasteiger partial charge >= 0.3 is 0 Å². The number of benzene rings is 1. The van der Waals surface area contributed by atoms with Crippen molar-refractivity contribution in [1.29, 1.82) is 0 Å². The number of amides is 1. The molecule has 1 amide bonds. The molecule has 5 nitrogen and oxygen atoms in total. The molecule has 0 bridgehead atoms. The zero-order chi connectivity index (χ0) is 12.1. The number of anilines is 1. The minimum atomic E-state index is -0.612. The summed E-state index contributed by atoms with van der Waals surface area (Å²) in [6.45, 7) is -0.214. The molecule has 7 heteroatoms. The van der Waals surface area contributed by atoms with Crippen LogP contribution in [0.3, 0.4) is 0 Å². The van der Waals surface area contributed by atoms with Gasteiger partial charge in [0.05, 0.1) is 26.5 Å². The fourth-order valence-corrected chi connectivity index (χ4v) is 1.15. The number of ether oxygens (including phenoxy) is 2. The van der Waals surface area contributed by atoms with Gasteiger partial charge in [0.1, 0.15) is 0 Å². The van der Waals surface area contributed by atoms with Crippen LogP contribution in [0, 0.1) is 5.82 Å². The summed E-state index contributed by atoms with van der Waals surface area (Å²) in [7, 11) is 2.82. The highest BCUT2D eigenvalue weighted by molar-refractivity contribution is 5.92. The van der Waals surface area contributed by atoms with Crippen LogP contribution in [0.4, 0.5) is 10.1 Å². The van der Waals surface area contributed by atoms with Crippen LogP contribution in [0.25, 0.3) is 0 Å². The fraction of sp³-hybridized carbons (Fsp3) is 0.300. The fourth-order valence-electron chi connectivity index (χ4n) is 1.15. The first kappa shape index (κ1) is 15.5. The lowest BCUT2D eigenvalue weighted by Gasteiger charge is -2.11. The van der Waals surface area contributed by atoms with Crippen molar-refractivity contribution < 1.29 is 18.7 Å². The number of carbonyl (C=O) groups excluding carboxylic acids is 1. The molecule has 0 unspecified atom stereocenters. The third kappa shape index (κ3) is 3.76. The molecule has 0 aliphatic rings. The second kappa shape index (κ2) is 6.93. The van der Waals surface area contributed by atoms with Crippen LogP contribution in [0.2, 0.25) is 0 Å². The molecule has 96 valence electrons. The van der Waals surface area contributed by atoms with E-state index in [1.165, 1.54) is 20.3 Å². The SMILES string of the molecule is COc1cc(F)c(NC(=O)CN)cc1OC.Cl. The third-order valence-corrected chi connectivity index (χ3v) is 1.93. The standard InChI is InChI=1S/C10H13FN2O3.ClH/c1-15-8-3-6(11)7(4-9(8)16-2)13-10(14)5-12;/h3-4H,5,12H2,1-2H3,(H,13,14);1H. The molecular weight excluding hydrogens is 251 g/mol. The number of methoxy groups -OCH3 is 2. The predicted molar refractivity (Wildman–Crippen MR) is 64.4 cm³/mol. The van der Waals surface area contributed by atoms with Gasteiger partial charge in [-0.25, -0.2) is 4.39 Å². The van der Waals surface area contributed by atoms with Crippen LogP contribution in [0.15, 0.2) is 12.1 Å². The van der Waals surface area contributed by atoms with Gasteiger partial charge < -0.3 is 20.5 Å². The molecule has 0 saturated heterocycles. The molecule has 1 rings (SSSR count). The Hall–Kier alpha value is -1.53. The van der Waals surface area contributed by atoms with Crippen LogP contribution < -0.4 is 20.5 Å². The summed E-state index contributed by atoms with van der Waals surface area (Å²) in [6, 6.07) is 2.46. The van der Waals surface area contributed by atoms with Gasteiger partial charge in [0, 0.05) is 12.1 Å². The van der Waals surface area contributed by atoms with Crippen molar-refractivity contribution in [2.75, 3.05) is 26.1 Å². The van der Waals surface area contributed by atoms with E-state index in [0.29, 0.717) is 5.75 Å². The van der Waals surface area contributed by atoms with Crippen molar-refractivity contribution in [3.63, 3.8) is 0 Å². The van der Waals surface area contributed by atoms with Crippen LogP contribution >= 0.6 is 12.4 Å². The zero-order valence-electron chi connectivity index (χ0n) is 9.45. The van der Waals surface area contributed by atoms with Crippen LogP contribution in [0.1, 0.15) is 0 Å². The van der Waals surface area contributed by atoms with E-state index in [4.69, 9.17) is 15.2 Å². The van der Waals surface area contributed by atoms with Gasteiger partial charge in [0.2, 0.25) is 5.91 Å². The van der Waals surface area contributed by atoms with E-state index in [9.17, 15) is 9.18 Å². The van der Waals surface area contributed by atoms with E-state index in [1.807, 2.05) is 0 Å². The Bertz CT molecular complexity index is 401. The molecule has 0 saturated carbocycles. The highest BCUT2D eigenvalue weighted by atomic mass is 35.5. The third-order valence-electron chi connectivity index (χ3n) is 1.93. The molecule has 0 radical (unpaired) electrons. The lowest BCUT2D eigenvalue weighted by molar-refractivity contribution is -0.114. The van der Waals surface area contributed by atoms with Crippen molar-refractivity contribution in [2.24, 2.45) is 5.73 Å². The zero-order valence-corrected chi connectivity index (χ0v) is 10.3. The molecule has 1 aromatic rings. The molecular formula is C10H14ClFN2O3. The van der Waals surface area contributed by atoms with E-state index in [-0.39, 0.29) is 30.4 Å². The van der Waals surface area contributed by atoms with E-state index >= 15 is 0 Å². The Morgan fingerprint density at radius 3 is 2.35 bits per heavy atom. The molecule has 0 atom stereocenters. The van der Waals surface area contributed by atoms with Gasteiger partial charge in [-0.3, -0.25) is 4.79 Å². The Labute approximate surface area is 104 Å². The van der Waals surface area contributed by atoms with Crippen LogP contribution in [0.5, 0.6) is 11.5 Å². The number of hydrogen-bond donors (Lipinski definition) is 2. The number of carbonyl (C=O) groups is 1. The highest BCUT2D eigenvalue weighted by Gasteiger charge is 2.12. The Morgan fingerprint density at radius 2 is 1.88 bits per heavy atom. The number of hydrogen-bond acceptors (Lipinski definition) is 4. The first-order valence-electron chi connectivity index (χ1n) is 4.53. The van der Waals surface area contributed by atoms with Gasteiger partial charge in [-0.15, -0.1) is 12.4 Å². The maximum absolute atomic E-state index is 13.5. The maximum Gasteiger partial charge on any atom is 0.238 e. The second-order valence-electron chi connectivity index (χ2n) is 2.94. The molecule has 1 aromatic carbocycles. The number of nitrogens with two attached hydrogens (primary N) is 1. The molecule has 3 N–H and O–H groups in total. The molecule has 0 fully saturated rings. The topological polar surface area (TPSA) is 73.6 Å². The van der Waals surface area contributed by atoms with Crippen molar-refractivity contribution in [2.45, 2.75) is 0 Å². The van der Waals surface area contributed by atoms with Gasteiger partial charge in [0.25, 0.3) is 0 Å². The van der Waals surface area contributed by atoms with Gasteiger partial charge in [-0.1, -0.05) is 0 Å². The van der Waals surface area contributed by atoms with E-state index in [1.54, 1.807) is 0 Å². The Balaban J connectivity index is 0.00000256. The average molecular weight is 265 g/mol. The molecule has 17 heavy (non-hydrogen) atoms. The summed E-state index contributed by atoms with van der Waals surface area (Å²) in [5.74, 6) is -0.507. The van der Waals surface area contributed by atoms with Crippen LogP contribution in [-0.2, 0) is 4.79 Å². The molecule has 0 spiro atoms. The number of nitrogens with one attached hydrogen (secondary N) is 1. The largest absolute Gasteiger partial charge is 0.493 e. The smallest absolute Gasteiger partial charge is 0.238 e. The van der Waals surface area contributed by atoms with E-state index in [2.05, 4.69) is 5.32 Å². The van der Waals surface area contributed by atoms with Crippen LogP contribution in [-0.4, -0.2) is 26.7 Å². The van der Waals surface area contributed by atoms with Crippen molar-refractivity contribution in [1.82, 2.24) is 0 Å². The highest BCUT2D eigenvalue weighted by Crippen LogP contribution is 2.32. The van der Waals surface area contributed by atoms with Gasteiger partial charge in [-0.05, 0) is 0 Å². The van der Waals surface area contributed by atoms with E-state index in [0.717, 1.165) is 6.07 Å². The minimum absolute atomic E-state index is 0. The van der Waals surface area contributed by atoms with Crippen molar-refractivity contribution in [3.8, 4) is 11.5 Å². The summed E-state index contributed by atoms with van der Waals surface area (Å²) in [4.78, 5) is 11.0. The number of halogens is 2. The van der Waals surface area contributed by atoms with Gasteiger partial charge in [0.15, 0.2) is 17.3 Å². The maximum atomic E-state index is 13.5. The molecule has 0 aliphatic carbocycles. The van der Waals surface area contributed by atoms with Crippen molar-refractivity contribution >= 4 is 24.0 Å². The first-order valence-corrected chi connectivity index (χ1v) is 4.53. The quantitative estimate of drug-likeness (QED) is 0.856. The molecule has 0 aromatic heterocycles. The van der Waals surface area contributed by atoms with E-state index < -0.39 is 11.7 Å². The average Bonchev–Trinajstić information content (AvgIpc) is 2.30. The first-order chi connectivity index (χ1) is 7.62. The normalized spacial score (nSPS) is 9.18. The Kier molecular flexibility index (Phi) is 6.30. The lowest BCUT2D eigenvalue weighted by atomic mass is 10.2. The molecule has 0 heterocycles. The summed E-state index contributed by atoms with van der Waals surface area (Å²) in [5, 5.41) is 2.31. The summed E-state index contributed by atoms with van der Waals surface area (Å²) in [5.41, 5.74) is 5.11. The van der Waals surface area contributed by atoms with Gasteiger partial charge in [-0.2, -0.15) is 0 Å². The monoisotopic (exact) mass is 264 g/mol. The summed E-state index contributed by atoms with van der Waals surface area (Å²) in [6.07, 6.45) is 0. The second-order valence-corrected chi connectivity index (χ2v) is 2.94. The lowest BCUT2D eigenvalue weighted by Crippen LogP contribution is -2.22. The Morgan fingerprint density at radius 1 is 1.35 bits per heavy atom. The predicted octanol–water partition coefficient (Wildman–Crippen LogP) is 1.16. The van der Waals surface area contributed by atoms with Crippen molar-refractivity contribution in [3.05, 3.63) is 17.9 Å².